The van der Waals surface area contributed by atoms with Gasteiger partial charge in [0, 0.05) is 25.3 Å². The van der Waals surface area contributed by atoms with Crippen LogP contribution in [0.4, 0.5) is 5.69 Å². The van der Waals surface area contributed by atoms with E-state index in [9.17, 15) is 9.59 Å². The lowest BCUT2D eigenvalue weighted by Gasteiger charge is -2.17. The molecular weight excluding hydrogens is 266 g/mol. The maximum Gasteiger partial charge on any atom is 0.253 e. The molecule has 0 radical (unpaired) electrons. The monoisotopic (exact) mass is 291 g/mol. The van der Waals surface area contributed by atoms with Crippen molar-refractivity contribution < 1.29 is 9.59 Å². The third-order valence-corrected chi connectivity index (χ3v) is 3.21. The van der Waals surface area contributed by atoms with E-state index in [2.05, 4.69) is 5.32 Å². The normalized spacial score (nSPS) is 12.1. The molecule has 1 aromatic carbocycles. The van der Waals surface area contributed by atoms with Gasteiger partial charge < -0.3 is 16.0 Å². The smallest absolute Gasteiger partial charge is 0.253 e. The van der Waals surface area contributed by atoms with Crippen LogP contribution in [0.5, 0.6) is 0 Å². The number of hydrogen-bond donors (Lipinski definition) is 2. The van der Waals surface area contributed by atoms with Crippen molar-refractivity contribution in [1.82, 2.24) is 4.90 Å². The third kappa shape index (κ3) is 4.86. The Morgan fingerprint density at radius 2 is 1.90 bits per heavy atom. The maximum atomic E-state index is 12.1. The maximum absolute atomic E-state index is 12.1. The summed E-state index contributed by atoms with van der Waals surface area (Å²) in [4.78, 5) is 25.5. The van der Waals surface area contributed by atoms with Gasteiger partial charge in [-0.1, -0.05) is 19.9 Å². The number of nitrogens with one attached hydrogen (secondary N) is 1. The van der Waals surface area contributed by atoms with E-state index >= 15 is 0 Å². The molecule has 21 heavy (non-hydrogen) atoms. The van der Waals surface area contributed by atoms with E-state index in [1.807, 2.05) is 26.8 Å². The summed E-state index contributed by atoms with van der Waals surface area (Å²) in [6, 6.07) is 4.72. The fraction of sp³-hybridized carbons (Fsp3) is 0.500. The molecule has 2 amide bonds. The Balaban J connectivity index is 2.90. The van der Waals surface area contributed by atoms with Gasteiger partial charge in [-0.05, 0) is 37.0 Å². The van der Waals surface area contributed by atoms with Gasteiger partial charge >= 0.3 is 0 Å². The zero-order valence-corrected chi connectivity index (χ0v) is 13.4. The van der Waals surface area contributed by atoms with Crippen molar-refractivity contribution in [1.29, 1.82) is 0 Å². The summed E-state index contributed by atoms with van der Waals surface area (Å²) in [6.07, 6.45) is 0.626. The number of carbonyl (C=O) groups excluding carboxylic acids is 2. The van der Waals surface area contributed by atoms with Gasteiger partial charge in [-0.3, -0.25) is 9.59 Å². The lowest BCUT2D eigenvalue weighted by molar-refractivity contribution is -0.117. The predicted octanol–water partition coefficient (Wildman–Crippen LogP) is 2.01. The molecule has 0 saturated carbocycles. The van der Waals surface area contributed by atoms with Crippen molar-refractivity contribution >= 4 is 17.5 Å². The zero-order valence-electron chi connectivity index (χ0n) is 13.4. The van der Waals surface area contributed by atoms with Crippen LogP contribution in [0.15, 0.2) is 18.2 Å². The lowest BCUT2D eigenvalue weighted by atomic mass is 10.0. The molecule has 5 heteroatoms. The number of nitrogens with zero attached hydrogens (tertiary/aromatic N) is 1. The summed E-state index contributed by atoms with van der Waals surface area (Å²) < 4.78 is 0. The first-order chi connectivity index (χ1) is 9.72. The zero-order chi connectivity index (χ0) is 16.2. The predicted molar refractivity (Wildman–Crippen MR) is 85.3 cm³/mol. The number of carbonyl (C=O) groups is 2. The van der Waals surface area contributed by atoms with Crippen LogP contribution in [0.25, 0.3) is 0 Å². The van der Waals surface area contributed by atoms with E-state index in [-0.39, 0.29) is 11.8 Å². The number of aryl methyl sites for hydroxylation is 1. The summed E-state index contributed by atoms with van der Waals surface area (Å²) in [5.74, 6) is 0.0340. The van der Waals surface area contributed by atoms with Crippen molar-refractivity contribution in [3.8, 4) is 0 Å². The molecule has 0 aliphatic rings. The highest BCUT2D eigenvalue weighted by atomic mass is 16.2. The van der Waals surface area contributed by atoms with Crippen LogP contribution in [0.3, 0.4) is 0 Å². The Morgan fingerprint density at radius 1 is 1.29 bits per heavy atom. The average molecular weight is 291 g/mol. The Bertz CT molecular complexity index is 524. The molecule has 116 valence electrons. The number of anilines is 1. The van der Waals surface area contributed by atoms with Gasteiger partial charge in [-0.25, -0.2) is 0 Å². The fourth-order valence-corrected chi connectivity index (χ4v) is 1.99. The molecule has 0 heterocycles. The third-order valence-electron chi connectivity index (χ3n) is 3.21. The van der Waals surface area contributed by atoms with Gasteiger partial charge in [0.05, 0.1) is 6.04 Å². The minimum absolute atomic E-state index is 0.100. The molecule has 0 aliphatic heterocycles. The topological polar surface area (TPSA) is 75.4 Å². The second kappa shape index (κ2) is 7.22. The van der Waals surface area contributed by atoms with Gasteiger partial charge in [0.1, 0.15) is 0 Å². The number of amides is 2. The van der Waals surface area contributed by atoms with Crippen molar-refractivity contribution in [3.05, 3.63) is 29.3 Å². The Labute approximate surface area is 126 Å². The first-order valence-electron chi connectivity index (χ1n) is 7.11. The molecular formula is C16H25N3O2. The van der Waals surface area contributed by atoms with E-state index < -0.39 is 6.04 Å². The van der Waals surface area contributed by atoms with E-state index in [0.717, 1.165) is 5.56 Å². The van der Waals surface area contributed by atoms with E-state index in [1.165, 1.54) is 4.90 Å². The van der Waals surface area contributed by atoms with Crippen LogP contribution in [0.1, 0.15) is 36.2 Å². The van der Waals surface area contributed by atoms with Crippen LogP contribution < -0.4 is 11.1 Å². The largest absolute Gasteiger partial charge is 0.345 e. The van der Waals surface area contributed by atoms with Crippen LogP contribution in [0.2, 0.25) is 0 Å². The first kappa shape index (κ1) is 17.2. The van der Waals surface area contributed by atoms with Gasteiger partial charge in [-0.2, -0.15) is 0 Å². The van der Waals surface area contributed by atoms with E-state index in [0.29, 0.717) is 23.6 Å². The minimum Gasteiger partial charge on any atom is -0.345 e. The van der Waals surface area contributed by atoms with Crippen LogP contribution in [-0.4, -0.2) is 36.9 Å². The second-order valence-corrected chi connectivity index (χ2v) is 5.95. The average Bonchev–Trinajstić information content (AvgIpc) is 2.39. The number of benzene rings is 1. The lowest BCUT2D eigenvalue weighted by Crippen LogP contribution is -2.36. The summed E-state index contributed by atoms with van der Waals surface area (Å²) in [5.41, 5.74) is 7.94. The van der Waals surface area contributed by atoms with E-state index in [4.69, 9.17) is 5.73 Å². The highest BCUT2D eigenvalue weighted by Gasteiger charge is 2.17. The molecule has 3 N–H and O–H groups in total. The molecule has 0 aliphatic carbocycles. The van der Waals surface area contributed by atoms with Crippen molar-refractivity contribution in [3.63, 3.8) is 0 Å². The molecule has 1 atom stereocenters. The molecule has 0 fully saturated rings. The molecule has 1 aromatic rings. The van der Waals surface area contributed by atoms with Gasteiger partial charge in [0.2, 0.25) is 5.91 Å². The molecule has 0 spiro atoms. The van der Waals surface area contributed by atoms with Gasteiger partial charge in [-0.15, -0.1) is 0 Å². The molecule has 0 aromatic heterocycles. The minimum atomic E-state index is -0.544. The van der Waals surface area contributed by atoms with Crippen molar-refractivity contribution in [2.24, 2.45) is 11.7 Å². The van der Waals surface area contributed by atoms with Crippen LogP contribution >= 0.6 is 0 Å². The van der Waals surface area contributed by atoms with Crippen LogP contribution in [-0.2, 0) is 4.79 Å². The van der Waals surface area contributed by atoms with Gasteiger partial charge in [0.25, 0.3) is 5.91 Å². The van der Waals surface area contributed by atoms with Crippen LogP contribution in [0, 0.1) is 12.8 Å². The summed E-state index contributed by atoms with van der Waals surface area (Å²) in [7, 11) is 3.39. The van der Waals surface area contributed by atoms with E-state index in [1.54, 1.807) is 26.2 Å². The number of hydrogen-bond acceptors (Lipinski definition) is 3. The number of rotatable bonds is 5. The first-order valence-corrected chi connectivity index (χ1v) is 7.11. The van der Waals surface area contributed by atoms with Crippen molar-refractivity contribution in [2.45, 2.75) is 33.2 Å². The molecule has 1 rings (SSSR count). The molecule has 0 bridgehead atoms. The van der Waals surface area contributed by atoms with Gasteiger partial charge in [0.15, 0.2) is 0 Å². The summed E-state index contributed by atoms with van der Waals surface area (Å²) in [5, 5.41) is 2.81. The fourth-order valence-electron chi connectivity index (χ4n) is 1.99. The SMILES string of the molecule is Cc1ccc(C(=O)N(C)C)cc1NC(=O)[C@@H](N)CC(C)C. The van der Waals surface area contributed by atoms with Crippen molar-refractivity contribution in [2.75, 3.05) is 19.4 Å². The molecule has 0 saturated heterocycles. The second-order valence-electron chi connectivity index (χ2n) is 5.95. The Morgan fingerprint density at radius 3 is 2.43 bits per heavy atom. The molecule has 5 nitrogen and oxygen atoms in total. The summed E-state index contributed by atoms with van der Waals surface area (Å²) in [6.45, 7) is 5.93. The quantitative estimate of drug-likeness (QED) is 0.871. The standard InChI is InChI=1S/C16H25N3O2/c1-10(2)8-13(17)15(20)18-14-9-12(7-6-11(14)3)16(21)19(4)5/h6-7,9-10,13H,8,17H2,1-5H3,(H,18,20)/t13-/m0/s1. The Kier molecular flexibility index (Phi) is 5.90. The highest BCUT2D eigenvalue weighted by molar-refractivity contribution is 5.99. The Hall–Kier alpha value is -1.88. The highest BCUT2D eigenvalue weighted by Crippen LogP contribution is 2.18. The molecule has 0 unspecified atom stereocenters. The number of nitrogens with two attached hydrogens (primary N) is 1. The summed E-state index contributed by atoms with van der Waals surface area (Å²) >= 11 is 0.